The lowest BCUT2D eigenvalue weighted by molar-refractivity contribution is 0.681. The zero-order valence-electron chi connectivity index (χ0n) is 11.8. The van der Waals surface area contributed by atoms with Crippen molar-refractivity contribution in [1.29, 1.82) is 0 Å². The van der Waals surface area contributed by atoms with Crippen molar-refractivity contribution in [3.8, 4) is 0 Å². The van der Waals surface area contributed by atoms with Crippen molar-refractivity contribution < 1.29 is 0 Å². The Morgan fingerprint density at radius 1 is 1.30 bits per heavy atom. The minimum Gasteiger partial charge on any atom is -0.370 e. The molecule has 0 spiro atoms. The van der Waals surface area contributed by atoms with Crippen molar-refractivity contribution in [2.75, 3.05) is 6.54 Å². The minimum atomic E-state index is 0.501. The van der Waals surface area contributed by atoms with E-state index in [9.17, 15) is 0 Å². The van der Waals surface area contributed by atoms with Crippen LogP contribution < -0.4 is 11.1 Å². The summed E-state index contributed by atoms with van der Waals surface area (Å²) in [5.74, 6) is 0.501. The third-order valence-electron chi connectivity index (χ3n) is 2.99. The maximum atomic E-state index is 5.82. The summed E-state index contributed by atoms with van der Waals surface area (Å²) in [6, 6.07) is 10.2. The summed E-state index contributed by atoms with van der Waals surface area (Å²) in [7, 11) is 0. The molecule has 1 heterocycles. The van der Waals surface area contributed by atoms with Gasteiger partial charge in [-0.25, -0.2) is 4.99 Å². The second kappa shape index (κ2) is 7.33. The van der Waals surface area contributed by atoms with E-state index in [4.69, 9.17) is 5.73 Å². The lowest BCUT2D eigenvalue weighted by Gasteiger charge is -2.09. The molecule has 0 unspecified atom stereocenters. The molecule has 0 fully saturated rings. The molecule has 0 atom stereocenters. The standard InChI is InChI=1S/C15H21N5/c1-2-8-17-15(16)18-11-13-6-3-4-7-14(13)12-20-10-5-9-19-20/h3-7,9-10H,2,8,11-12H2,1H3,(H3,16,17,18). The lowest BCUT2D eigenvalue weighted by Crippen LogP contribution is -2.32. The maximum absolute atomic E-state index is 5.82. The highest BCUT2D eigenvalue weighted by Gasteiger charge is 2.02. The topological polar surface area (TPSA) is 68.2 Å². The van der Waals surface area contributed by atoms with Gasteiger partial charge >= 0.3 is 0 Å². The van der Waals surface area contributed by atoms with Gasteiger partial charge in [0.15, 0.2) is 5.96 Å². The van der Waals surface area contributed by atoms with Gasteiger partial charge in [-0.3, -0.25) is 4.68 Å². The molecule has 5 heteroatoms. The van der Waals surface area contributed by atoms with Gasteiger partial charge in [0.1, 0.15) is 0 Å². The third kappa shape index (κ3) is 4.12. The first-order valence-corrected chi connectivity index (χ1v) is 6.87. The number of nitrogens with one attached hydrogen (secondary N) is 1. The number of aliphatic imine (C=N–C) groups is 1. The predicted octanol–water partition coefficient (Wildman–Crippen LogP) is 1.75. The summed E-state index contributed by atoms with van der Waals surface area (Å²) >= 11 is 0. The predicted molar refractivity (Wildman–Crippen MR) is 81.4 cm³/mol. The van der Waals surface area contributed by atoms with Crippen LogP contribution in [0.1, 0.15) is 24.5 Å². The Morgan fingerprint density at radius 3 is 2.80 bits per heavy atom. The van der Waals surface area contributed by atoms with Crippen molar-refractivity contribution in [3.63, 3.8) is 0 Å². The molecular formula is C15H21N5. The zero-order valence-corrected chi connectivity index (χ0v) is 11.8. The van der Waals surface area contributed by atoms with Gasteiger partial charge in [-0.1, -0.05) is 31.2 Å². The molecule has 0 radical (unpaired) electrons. The SMILES string of the molecule is CCCNC(N)=NCc1ccccc1Cn1cccn1. The van der Waals surface area contributed by atoms with Crippen molar-refractivity contribution in [1.82, 2.24) is 15.1 Å². The van der Waals surface area contributed by atoms with E-state index in [1.807, 2.05) is 29.1 Å². The normalized spacial score (nSPS) is 11.6. The Balaban J connectivity index is 2.04. The summed E-state index contributed by atoms with van der Waals surface area (Å²) in [5, 5.41) is 7.31. The average molecular weight is 271 g/mol. The summed E-state index contributed by atoms with van der Waals surface area (Å²) in [6.07, 6.45) is 4.77. The number of aromatic nitrogens is 2. The Bertz CT molecular complexity index is 545. The van der Waals surface area contributed by atoms with Crippen molar-refractivity contribution >= 4 is 5.96 Å². The molecule has 1 aromatic carbocycles. The monoisotopic (exact) mass is 271 g/mol. The summed E-state index contributed by atoms with van der Waals surface area (Å²) in [5.41, 5.74) is 8.20. The van der Waals surface area contributed by atoms with Crippen LogP contribution in [0.4, 0.5) is 0 Å². The molecule has 3 N–H and O–H groups in total. The minimum absolute atomic E-state index is 0.501. The Labute approximate surface area is 119 Å². The van der Waals surface area contributed by atoms with Crippen LogP contribution in [-0.4, -0.2) is 22.3 Å². The molecule has 0 saturated heterocycles. The van der Waals surface area contributed by atoms with Gasteiger partial charge in [0.25, 0.3) is 0 Å². The van der Waals surface area contributed by atoms with Crippen LogP contribution >= 0.6 is 0 Å². The van der Waals surface area contributed by atoms with E-state index >= 15 is 0 Å². The fourth-order valence-corrected chi connectivity index (χ4v) is 1.91. The summed E-state index contributed by atoms with van der Waals surface area (Å²) < 4.78 is 1.90. The lowest BCUT2D eigenvalue weighted by atomic mass is 10.1. The number of hydrogen-bond acceptors (Lipinski definition) is 2. The van der Waals surface area contributed by atoms with E-state index in [1.54, 1.807) is 6.20 Å². The number of guanidine groups is 1. The molecule has 0 saturated carbocycles. The molecule has 0 amide bonds. The first-order valence-electron chi connectivity index (χ1n) is 6.87. The van der Waals surface area contributed by atoms with E-state index in [1.165, 1.54) is 11.1 Å². The first kappa shape index (κ1) is 14.1. The number of nitrogens with zero attached hydrogens (tertiary/aromatic N) is 3. The van der Waals surface area contributed by atoms with Gasteiger partial charge in [-0.15, -0.1) is 0 Å². The van der Waals surface area contributed by atoms with E-state index in [-0.39, 0.29) is 0 Å². The van der Waals surface area contributed by atoms with Crippen LogP contribution in [-0.2, 0) is 13.1 Å². The highest BCUT2D eigenvalue weighted by molar-refractivity contribution is 5.77. The molecule has 2 rings (SSSR count). The van der Waals surface area contributed by atoms with Gasteiger partial charge in [0.2, 0.25) is 0 Å². The fraction of sp³-hybridized carbons (Fsp3) is 0.333. The molecule has 0 bridgehead atoms. The number of hydrogen-bond donors (Lipinski definition) is 2. The largest absolute Gasteiger partial charge is 0.370 e. The van der Waals surface area contributed by atoms with Gasteiger partial charge in [0, 0.05) is 18.9 Å². The molecule has 0 aliphatic heterocycles. The zero-order chi connectivity index (χ0) is 14.2. The Kier molecular flexibility index (Phi) is 5.17. The van der Waals surface area contributed by atoms with Gasteiger partial charge in [-0.2, -0.15) is 5.10 Å². The van der Waals surface area contributed by atoms with Gasteiger partial charge < -0.3 is 11.1 Å². The third-order valence-corrected chi connectivity index (χ3v) is 2.99. The van der Waals surface area contributed by atoms with E-state index in [0.717, 1.165) is 19.5 Å². The number of rotatable bonds is 6. The van der Waals surface area contributed by atoms with Crippen molar-refractivity contribution in [3.05, 3.63) is 53.9 Å². The van der Waals surface area contributed by atoms with Gasteiger partial charge in [0.05, 0.1) is 13.1 Å². The molecule has 106 valence electrons. The average Bonchev–Trinajstić information content (AvgIpc) is 2.97. The van der Waals surface area contributed by atoms with Crippen LogP contribution in [0, 0.1) is 0 Å². The fourth-order valence-electron chi connectivity index (χ4n) is 1.91. The summed E-state index contributed by atoms with van der Waals surface area (Å²) in [6.45, 7) is 4.28. The smallest absolute Gasteiger partial charge is 0.188 e. The number of benzene rings is 1. The number of nitrogens with two attached hydrogens (primary N) is 1. The van der Waals surface area contributed by atoms with Crippen LogP contribution in [0.3, 0.4) is 0 Å². The highest BCUT2D eigenvalue weighted by atomic mass is 15.3. The van der Waals surface area contributed by atoms with E-state index in [2.05, 4.69) is 34.5 Å². The Hall–Kier alpha value is -2.30. The van der Waals surface area contributed by atoms with Crippen LogP contribution in [0.15, 0.2) is 47.7 Å². The van der Waals surface area contributed by atoms with Crippen LogP contribution in [0.5, 0.6) is 0 Å². The maximum Gasteiger partial charge on any atom is 0.188 e. The molecule has 5 nitrogen and oxygen atoms in total. The van der Waals surface area contributed by atoms with Gasteiger partial charge in [-0.05, 0) is 23.6 Å². The molecule has 20 heavy (non-hydrogen) atoms. The highest BCUT2D eigenvalue weighted by Crippen LogP contribution is 2.11. The quantitative estimate of drug-likeness (QED) is 0.621. The van der Waals surface area contributed by atoms with E-state index < -0.39 is 0 Å². The molecule has 0 aliphatic carbocycles. The summed E-state index contributed by atoms with van der Waals surface area (Å²) in [4.78, 5) is 4.38. The molecular weight excluding hydrogens is 250 g/mol. The van der Waals surface area contributed by atoms with Crippen LogP contribution in [0.2, 0.25) is 0 Å². The van der Waals surface area contributed by atoms with Crippen molar-refractivity contribution in [2.24, 2.45) is 10.7 Å². The molecule has 2 aromatic rings. The van der Waals surface area contributed by atoms with E-state index in [0.29, 0.717) is 12.5 Å². The molecule has 0 aliphatic rings. The molecule has 1 aromatic heterocycles. The van der Waals surface area contributed by atoms with Crippen molar-refractivity contribution in [2.45, 2.75) is 26.4 Å². The first-order chi connectivity index (χ1) is 9.79. The second-order valence-corrected chi connectivity index (χ2v) is 4.60. The Morgan fingerprint density at radius 2 is 2.10 bits per heavy atom. The van der Waals surface area contributed by atoms with Crippen LogP contribution in [0.25, 0.3) is 0 Å². The second-order valence-electron chi connectivity index (χ2n) is 4.60.